The second-order valence-corrected chi connectivity index (χ2v) is 11.3. The van der Waals surface area contributed by atoms with Gasteiger partial charge in [0.15, 0.2) is 9.84 Å². The van der Waals surface area contributed by atoms with Crippen molar-refractivity contribution < 1.29 is 27.6 Å². The average molecular weight is 519 g/mol. The normalized spacial score (nSPS) is 20.7. The van der Waals surface area contributed by atoms with Gasteiger partial charge in [0.1, 0.15) is 17.8 Å². The van der Waals surface area contributed by atoms with Crippen LogP contribution in [0.5, 0.6) is 0 Å². The Morgan fingerprint density at radius 2 is 1.86 bits per heavy atom. The quantitative estimate of drug-likeness (QED) is 0.564. The number of carbonyl (C=O) groups is 4. The summed E-state index contributed by atoms with van der Waals surface area (Å²) >= 11 is 1.24. The highest BCUT2D eigenvalue weighted by Gasteiger charge is 2.39. The van der Waals surface area contributed by atoms with Crippen molar-refractivity contribution in [3.05, 3.63) is 52.7 Å². The van der Waals surface area contributed by atoms with Crippen LogP contribution in [-0.4, -0.2) is 85.9 Å². The number of nitrogens with one attached hydrogen (secondary N) is 2. The minimum atomic E-state index is -3.87. The van der Waals surface area contributed by atoms with E-state index >= 15 is 0 Å². The summed E-state index contributed by atoms with van der Waals surface area (Å²) in [6.45, 7) is 0.521. The van der Waals surface area contributed by atoms with Gasteiger partial charge in [0.2, 0.25) is 17.7 Å². The van der Waals surface area contributed by atoms with E-state index in [1.54, 1.807) is 35.7 Å². The number of thiophene rings is 1. The van der Waals surface area contributed by atoms with Crippen molar-refractivity contribution in [1.82, 2.24) is 20.4 Å². The van der Waals surface area contributed by atoms with E-state index in [9.17, 15) is 27.6 Å². The summed E-state index contributed by atoms with van der Waals surface area (Å²) in [4.78, 5) is 54.6. The monoisotopic (exact) mass is 518 g/mol. The SMILES string of the molecule is O=C(N[C@@H]1CCCNC1=O)[C@H]1CN(C(=O)CS(=O)(=O)c2ccccc2)CCN1C(=O)c1cccs1. The van der Waals surface area contributed by atoms with Crippen LogP contribution in [0, 0.1) is 0 Å². The largest absolute Gasteiger partial charge is 0.354 e. The van der Waals surface area contributed by atoms with E-state index in [0.717, 1.165) is 0 Å². The van der Waals surface area contributed by atoms with Gasteiger partial charge < -0.3 is 20.4 Å². The lowest BCUT2D eigenvalue weighted by Crippen LogP contribution is -2.64. The second kappa shape index (κ2) is 10.6. The summed E-state index contributed by atoms with van der Waals surface area (Å²) in [5.41, 5.74) is 0. The molecular formula is C23H26N4O6S2. The lowest BCUT2D eigenvalue weighted by molar-refractivity contribution is -0.137. The highest BCUT2D eigenvalue weighted by atomic mass is 32.2. The van der Waals surface area contributed by atoms with Crippen molar-refractivity contribution >= 4 is 44.8 Å². The van der Waals surface area contributed by atoms with Gasteiger partial charge in [-0.15, -0.1) is 11.3 Å². The van der Waals surface area contributed by atoms with Crippen LogP contribution in [-0.2, 0) is 24.2 Å². The number of rotatable bonds is 6. The molecule has 2 aliphatic rings. The maximum Gasteiger partial charge on any atom is 0.264 e. The van der Waals surface area contributed by atoms with Gasteiger partial charge in [0.25, 0.3) is 5.91 Å². The number of carbonyl (C=O) groups excluding carboxylic acids is 4. The third-order valence-corrected chi connectivity index (χ3v) is 8.52. The van der Waals surface area contributed by atoms with Gasteiger partial charge in [0.05, 0.1) is 16.3 Å². The van der Waals surface area contributed by atoms with Crippen LogP contribution >= 0.6 is 11.3 Å². The molecule has 2 fully saturated rings. The van der Waals surface area contributed by atoms with Gasteiger partial charge in [-0.1, -0.05) is 24.3 Å². The third-order valence-electron chi connectivity index (χ3n) is 6.05. The first-order valence-corrected chi connectivity index (χ1v) is 13.8. The Morgan fingerprint density at radius 3 is 2.54 bits per heavy atom. The fraction of sp³-hybridized carbons (Fsp3) is 0.391. The molecule has 10 nitrogen and oxygen atoms in total. The van der Waals surface area contributed by atoms with Gasteiger partial charge in [-0.2, -0.15) is 0 Å². The van der Waals surface area contributed by atoms with Crippen molar-refractivity contribution in [2.24, 2.45) is 0 Å². The van der Waals surface area contributed by atoms with Gasteiger partial charge in [-0.05, 0) is 36.4 Å². The van der Waals surface area contributed by atoms with Crippen LogP contribution < -0.4 is 10.6 Å². The zero-order valence-corrected chi connectivity index (χ0v) is 20.5. The molecule has 2 saturated heterocycles. The molecule has 0 bridgehead atoms. The van der Waals surface area contributed by atoms with Crippen molar-refractivity contribution in [2.45, 2.75) is 29.8 Å². The summed E-state index contributed by atoms with van der Waals surface area (Å²) < 4.78 is 25.4. The Balaban J connectivity index is 1.51. The molecule has 0 aliphatic carbocycles. The summed E-state index contributed by atoms with van der Waals surface area (Å²) in [7, 11) is -3.87. The molecule has 1 aromatic heterocycles. The van der Waals surface area contributed by atoms with E-state index in [0.29, 0.717) is 24.3 Å². The Labute approximate surface area is 207 Å². The summed E-state index contributed by atoms with van der Waals surface area (Å²) in [6, 6.07) is 9.28. The molecule has 186 valence electrons. The van der Waals surface area contributed by atoms with Crippen molar-refractivity contribution in [2.75, 3.05) is 31.9 Å². The van der Waals surface area contributed by atoms with Crippen LogP contribution in [0.4, 0.5) is 0 Å². The number of piperidine rings is 1. The zero-order chi connectivity index (χ0) is 25.0. The molecule has 2 aromatic rings. The standard InChI is InChI=1S/C23H26N4O6S2/c28-20(15-35(32,33)16-6-2-1-3-7-16)26-11-12-27(23(31)19-9-5-13-34-19)18(14-26)22(30)25-17-8-4-10-24-21(17)29/h1-3,5-7,9,13,17-18H,4,8,10-12,14-15H2,(H,24,29)(H,25,30)/t17-,18-/m1/s1. The van der Waals surface area contributed by atoms with Crippen LogP contribution in [0.2, 0.25) is 0 Å². The molecule has 2 N–H and O–H groups in total. The number of benzene rings is 1. The van der Waals surface area contributed by atoms with E-state index in [1.807, 2.05) is 0 Å². The van der Waals surface area contributed by atoms with Crippen molar-refractivity contribution in [1.29, 1.82) is 0 Å². The zero-order valence-electron chi connectivity index (χ0n) is 18.9. The number of sulfone groups is 1. The minimum absolute atomic E-state index is 0.0393. The maximum atomic E-state index is 13.2. The van der Waals surface area contributed by atoms with Gasteiger partial charge >= 0.3 is 0 Å². The average Bonchev–Trinajstić information content (AvgIpc) is 3.40. The molecule has 0 spiro atoms. The van der Waals surface area contributed by atoms with Crippen molar-refractivity contribution in [3.8, 4) is 0 Å². The number of piperazine rings is 1. The minimum Gasteiger partial charge on any atom is -0.354 e. The van der Waals surface area contributed by atoms with E-state index in [4.69, 9.17) is 0 Å². The third kappa shape index (κ3) is 5.70. The van der Waals surface area contributed by atoms with E-state index in [-0.39, 0.29) is 36.3 Å². The first-order chi connectivity index (χ1) is 16.8. The fourth-order valence-electron chi connectivity index (χ4n) is 4.16. The Hall–Kier alpha value is -3.25. The summed E-state index contributed by atoms with van der Waals surface area (Å²) in [5, 5.41) is 7.16. The van der Waals surface area contributed by atoms with Gasteiger partial charge in [0, 0.05) is 19.6 Å². The Kier molecular flexibility index (Phi) is 7.51. The lowest BCUT2D eigenvalue weighted by atomic mass is 10.0. The highest BCUT2D eigenvalue weighted by molar-refractivity contribution is 7.92. The lowest BCUT2D eigenvalue weighted by Gasteiger charge is -2.41. The van der Waals surface area contributed by atoms with Crippen LogP contribution in [0.1, 0.15) is 22.5 Å². The van der Waals surface area contributed by atoms with Crippen LogP contribution in [0.15, 0.2) is 52.7 Å². The fourth-order valence-corrected chi connectivity index (χ4v) is 6.09. The molecule has 12 heteroatoms. The summed E-state index contributed by atoms with van der Waals surface area (Å²) in [5.74, 6) is -2.59. The molecular weight excluding hydrogens is 492 g/mol. The predicted octanol–water partition coefficient (Wildman–Crippen LogP) is 0.270. The van der Waals surface area contributed by atoms with E-state index in [2.05, 4.69) is 10.6 Å². The number of hydrogen-bond donors (Lipinski definition) is 2. The van der Waals surface area contributed by atoms with Crippen molar-refractivity contribution in [3.63, 3.8) is 0 Å². The second-order valence-electron chi connectivity index (χ2n) is 8.40. The smallest absolute Gasteiger partial charge is 0.264 e. The van der Waals surface area contributed by atoms with Crippen LogP contribution in [0.3, 0.4) is 0 Å². The molecule has 35 heavy (non-hydrogen) atoms. The number of nitrogens with zero attached hydrogens (tertiary/aromatic N) is 2. The molecule has 3 heterocycles. The molecule has 2 atom stereocenters. The van der Waals surface area contributed by atoms with Gasteiger partial charge in [-0.3, -0.25) is 19.2 Å². The first-order valence-electron chi connectivity index (χ1n) is 11.2. The van der Waals surface area contributed by atoms with E-state index in [1.165, 1.54) is 33.3 Å². The molecule has 0 saturated carbocycles. The Morgan fingerprint density at radius 1 is 1.09 bits per heavy atom. The summed E-state index contributed by atoms with van der Waals surface area (Å²) in [6.07, 6.45) is 1.18. The first kappa shape index (κ1) is 24.9. The topological polar surface area (TPSA) is 133 Å². The van der Waals surface area contributed by atoms with Gasteiger partial charge in [-0.25, -0.2) is 8.42 Å². The molecule has 4 rings (SSSR count). The van der Waals surface area contributed by atoms with Crippen LogP contribution in [0.25, 0.3) is 0 Å². The molecule has 0 radical (unpaired) electrons. The molecule has 2 aliphatic heterocycles. The number of amides is 4. The molecule has 1 aromatic carbocycles. The number of hydrogen-bond acceptors (Lipinski definition) is 7. The maximum absolute atomic E-state index is 13.2. The Bertz CT molecular complexity index is 1200. The molecule has 4 amide bonds. The molecule has 0 unspecified atom stereocenters. The highest BCUT2D eigenvalue weighted by Crippen LogP contribution is 2.20. The van der Waals surface area contributed by atoms with E-state index < -0.39 is 39.5 Å². The predicted molar refractivity (Wildman–Crippen MR) is 128 cm³/mol.